The molecule has 0 unspecified atom stereocenters. The minimum Gasteiger partial charge on any atom is -0.302 e. The fourth-order valence-electron chi connectivity index (χ4n) is 1.77. The van der Waals surface area contributed by atoms with Gasteiger partial charge in [0.25, 0.3) is 0 Å². The van der Waals surface area contributed by atoms with Crippen molar-refractivity contribution in [2.75, 3.05) is 5.32 Å². The van der Waals surface area contributed by atoms with Crippen molar-refractivity contribution in [3.05, 3.63) is 53.4 Å². The van der Waals surface area contributed by atoms with Crippen LogP contribution in [-0.2, 0) is 24.1 Å². The van der Waals surface area contributed by atoms with Crippen LogP contribution in [0, 0.1) is 6.92 Å². The number of amides is 1. The Hall–Kier alpha value is -1.68. The van der Waals surface area contributed by atoms with Crippen molar-refractivity contribution in [2.24, 2.45) is 0 Å². The van der Waals surface area contributed by atoms with Crippen LogP contribution in [0.3, 0.4) is 0 Å². The summed E-state index contributed by atoms with van der Waals surface area (Å²) in [4.78, 5) is 15.3. The summed E-state index contributed by atoms with van der Waals surface area (Å²) in [5.74, 6) is -0.0790. The van der Waals surface area contributed by atoms with E-state index in [2.05, 4.69) is 41.5 Å². The average Bonchev–Trinajstić information content (AvgIpc) is 2.84. The number of aryl methyl sites for hydroxylation is 2. The number of aromatic nitrogens is 1. The molecule has 1 aromatic carbocycles. The predicted octanol–water partition coefficient (Wildman–Crippen LogP) is 3.26. The molecule has 99 valence electrons. The molecule has 0 saturated heterocycles. The first kappa shape index (κ1) is 13.7. The van der Waals surface area contributed by atoms with E-state index in [1.54, 1.807) is 0 Å². The van der Waals surface area contributed by atoms with Crippen LogP contribution in [0.2, 0.25) is 0 Å². The number of hydrogen-bond acceptors (Lipinski definition) is 3. The standard InChI is InChI=1S/C15H17N2OS/c1-3-12-4-6-13(7-5-12)8-9-14-10-19-15(17-14)16-11(2)18/h4-7,10H,1,3,8-9H2,2H3,(H,16,17,18). The molecule has 2 aromatic rings. The highest BCUT2D eigenvalue weighted by Crippen LogP contribution is 2.17. The van der Waals surface area contributed by atoms with E-state index in [1.807, 2.05) is 5.38 Å². The Morgan fingerprint density at radius 1 is 1.26 bits per heavy atom. The number of nitrogens with one attached hydrogen (secondary N) is 1. The molecule has 0 aliphatic carbocycles. The zero-order valence-corrected chi connectivity index (χ0v) is 11.8. The van der Waals surface area contributed by atoms with Crippen molar-refractivity contribution in [1.82, 2.24) is 4.98 Å². The van der Waals surface area contributed by atoms with Crippen LogP contribution in [0.1, 0.15) is 23.7 Å². The van der Waals surface area contributed by atoms with E-state index < -0.39 is 0 Å². The fourth-order valence-corrected chi connectivity index (χ4v) is 2.57. The molecular weight excluding hydrogens is 256 g/mol. The third-order valence-corrected chi connectivity index (χ3v) is 3.62. The van der Waals surface area contributed by atoms with Gasteiger partial charge in [-0.1, -0.05) is 24.3 Å². The summed E-state index contributed by atoms with van der Waals surface area (Å²) in [5.41, 5.74) is 3.58. The summed E-state index contributed by atoms with van der Waals surface area (Å²) in [7, 11) is 0. The molecule has 19 heavy (non-hydrogen) atoms. The molecule has 0 atom stereocenters. The van der Waals surface area contributed by atoms with E-state index in [0.717, 1.165) is 25.0 Å². The number of nitrogens with zero attached hydrogens (tertiary/aromatic N) is 1. The molecule has 1 aromatic heterocycles. The number of thiazole rings is 1. The van der Waals surface area contributed by atoms with E-state index in [4.69, 9.17) is 0 Å². The van der Waals surface area contributed by atoms with Crippen molar-refractivity contribution >= 4 is 22.4 Å². The summed E-state index contributed by atoms with van der Waals surface area (Å²) in [6.45, 7) is 5.35. The van der Waals surface area contributed by atoms with Gasteiger partial charge in [-0.05, 0) is 37.3 Å². The minimum absolute atomic E-state index is 0.0790. The Kier molecular flexibility index (Phi) is 4.68. The SMILES string of the molecule is [CH2]Cc1ccc(CCc2csc(NC(C)=O)n2)cc1. The quantitative estimate of drug-likeness (QED) is 0.908. The molecule has 0 aliphatic rings. The molecule has 0 spiro atoms. The number of carbonyl (C=O) groups is 1. The van der Waals surface area contributed by atoms with E-state index in [-0.39, 0.29) is 5.91 Å². The van der Waals surface area contributed by atoms with Crippen LogP contribution in [0.4, 0.5) is 5.13 Å². The molecule has 1 heterocycles. The van der Waals surface area contributed by atoms with Crippen LogP contribution in [0.15, 0.2) is 29.6 Å². The lowest BCUT2D eigenvalue weighted by molar-refractivity contribution is -0.114. The average molecular weight is 273 g/mol. The molecule has 0 aliphatic heterocycles. The summed E-state index contributed by atoms with van der Waals surface area (Å²) in [6, 6.07) is 8.52. The summed E-state index contributed by atoms with van der Waals surface area (Å²) in [6.07, 6.45) is 2.67. The molecule has 1 N–H and O–H groups in total. The minimum atomic E-state index is -0.0790. The zero-order chi connectivity index (χ0) is 13.7. The van der Waals surface area contributed by atoms with Gasteiger partial charge in [-0.15, -0.1) is 11.3 Å². The Bertz CT molecular complexity index is 546. The normalized spacial score (nSPS) is 10.4. The Labute approximate surface area is 117 Å². The Morgan fingerprint density at radius 3 is 2.58 bits per heavy atom. The number of carbonyl (C=O) groups excluding carboxylic acids is 1. The molecule has 0 fully saturated rings. The second-order valence-corrected chi connectivity index (χ2v) is 5.25. The molecular formula is C15H17N2OS. The number of benzene rings is 1. The Morgan fingerprint density at radius 2 is 1.95 bits per heavy atom. The van der Waals surface area contributed by atoms with E-state index >= 15 is 0 Å². The third kappa shape index (κ3) is 4.17. The molecule has 0 bridgehead atoms. The van der Waals surface area contributed by atoms with Crippen LogP contribution in [-0.4, -0.2) is 10.9 Å². The van der Waals surface area contributed by atoms with Gasteiger partial charge in [-0.25, -0.2) is 4.98 Å². The van der Waals surface area contributed by atoms with Gasteiger partial charge in [0, 0.05) is 12.3 Å². The van der Waals surface area contributed by atoms with Gasteiger partial charge in [0.05, 0.1) is 5.69 Å². The lowest BCUT2D eigenvalue weighted by atomic mass is 10.1. The van der Waals surface area contributed by atoms with Gasteiger partial charge in [0.15, 0.2) is 5.13 Å². The maximum absolute atomic E-state index is 10.9. The van der Waals surface area contributed by atoms with E-state index in [1.165, 1.54) is 29.4 Å². The molecule has 3 nitrogen and oxygen atoms in total. The molecule has 0 saturated carbocycles. The Balaban J connectivity index is 1.90. The van der Waals surface area contributed by atoms with Gasteiger partial charge < -0.3 is 5.32 Å². The van der Waals surface area contributed by atoms with Gasteiger partial charge >= 0.3 is 0 Å². The van der Waals surface area contributed by atoms with Crippen molar-refractivity contribution in [1.29, 1.82) is 0 Å². The highest BCUT2D eigenvalue weighted by atomic mass is 32.1. The lowest BCUT2D eigenvalue weighted by Crippen LogP contribution is -2.05. The van der Waals surface area contributed by atoms with Crippen LogP contribution in [0.5, 0.6) is 0 Å². The smallest absolute Gasteiger partial charge is 0.223 e. The predicted molar refractivity (Wildman–Crippen MR) is 79.3 cm³/mol. The first-order valence-electron chi connectivity index (χ1n) is 6.26. The molecule has 2 rings (SSSR count). The number of hydrogen-bond donors (Lipinski definition) is 1. The lowest BCUT2D eigenvalue weighted by Gasteiger charge is -2.01. The first-order valence-corrected chi connectivity index (χ1v) is 7.14. The van der Waals surface area contributed by atoms with Crippen molar-refractivity contribution in [2.45, 2.75) is 26.2 Å². The van der Waals surface area contributed by atoms with Crippen LogP contribution >= 0.6 is 11.3 Å². The fraction of sp³-hybridized carbons (Fsp3) is 0.267. The topological polar surface area (TPSA) is 42.0 Å². The van der Waals surface area contributed by atoms with Crippen LogP contribution in [0.25, 0.3) is 0 Å². The monoisotopic (exact) mass is 273 g/mol. The van der Waals surface area contributed by atoms with Gasteiger partial charge in [-0.3, -0.25) is 4.79 Å². The second-order valence-electron chi connectivity index (χ2n) is 4.39. The highest BCUT2D eigenvalue weighted by molar-refractivity contribution is 7.13. The number of anilines is 1. The maximum atomic E-state index is 10.9. The van der Waals surface area contributed by atoms with Gasteiger partial charge in [0.2, 0.25) is 5.91 Å². The maximum Gasteiger partial charge on any atom is 0.223 e. The number of rotatable bonds is 5. The van der Waals surface area contributed by atoms with Gasteiger partial charge in [0.1, 0.15) is 0 Å². The third-order valence-electron chi connectivity index (χ3n) is 2.82. The molecule has 1 radical (unpaired) electrons. The second kappa shape index (κ2) is 6.48. The largest absolute Gasteiger partial charge is 0.302 e. The summed E-state index contributed by atoms with van der Waals surface area (Å²) < 4.78 is 0. The van der Waals surface area contributed by atoms with Crippen molar-refractivity contribution in [3.63, 3.8) is 0 Å². The zero-order valence-electron chi connectivity index (χ0n) is 11.0. The van der Waals surface area contributed by atoms with Gasteiger partial charge in [-0.2, -0.15) is 0 Å². The van der Waals surface area contributed by atoms with Crippen LogP contribution < -0.4 is 5.32 Å². The van der Waals surface area contributed by atoms with E-state index in [0.29, 0.717) is 5.13 Å². The molecule has 4 heteroatoms. The first-order chi connectivity index (χ1) is 9.17. The van der Waals surface area contributed by atoms with E-state index in [9.17, 15) is 4.79 Å². The summed E-state index contributed by atoms with van der Waals surface area (Å²) >= 11 is 1.47. The summed E-state index contributed by atoms with van der Waals surface area (Å²) in [5, 5.41) is 5.37. The molecule has 1 amide bonds. The van der Waals surface area contributed by atoms with Crippen molar-refractivity contribution < 1.29 is 4.79 Å². The highest BCUT2D eigenvalue weighted by Gasteiger charge is 2.03. The van der Waals surface area contributed by atoms with Crippen molar-refractivity contribution in [3.8, 4) is 0 Å².